The zero-order valence-electron chi connectivity index (χ0n) is 17.1. The van der Waals surface area contributed by atoms with Gasteiger partial charge in [0, 0.05) is 31.8 Å². The molecular weight excluding hydrogens is 558 g/mol. The van der Waals surface area contributed by atoms with E-state index in [0.717, 1.165) is 32.9 Å². The lowest BCUT2D eigenvalue weighted by atomic mass is 10.1. The molecule has 0 aliphatic rings. The van der Waals surface area contributed by atoms with E-state index in [9.17, 15) is 9.90 Å². The number of halogens is 2. The van der Waals surface area contributed by atoms with Gasteiger partial charge in [0.25, 0.3) is 0 Å². The van der Waals surface area contributed by atoms with Gasteiger partial charge in [-0.25, -0.2) is 4.79 Å². The third-order valence-electron chi connectivity index (χ3n) is 4.83. The van der Waals surface area contributed by atoms with Gasteiger partial charge in [-0.3, -0.25) is 0 Å². The van der Waals surface area contributed by atoms with Crippen LogP contribution in [0.5, 0.6) is 5.75 Å². The maximum Gasteiger partial charge on any atom is 0.345 e. The first kappa shape index (κ1) is 22.7. The van der Waals surface area contributed by atoms with E-state index >= 15 is 0 Å². The molecule has 4 rings (SSSR count). The number of aromatic hydroxyl groups is 1. The number of phenols is 1. The zero-order valence-corrected chi connectivity index (χ0v) is 21.1. The number of fused-ring (bicyclic) bond motifs is 1. The van der Waals surface area contributed by atoms with E-state index in [-0.39, 0.29) is 5.75 Å². The molecule has 9 heteroatoms. The summed E-state index contributed by atoms with van der Waals surface area (Å²) in [5, 5.41) is 21.3. The van der Waals surface area contributed by atoms with Crippen molar-refractivity contribution in [2.24, 2.45) is 10.2 Å². The Morgan fingerprint density at radius 2 is 1.94 bits per heavy atom. The molecule has 0 atom stereocenters. The largest absolute Gasteiger partial charge is 0.507 e. The Morgan fingerprint density at radius 1 is 1.16 bits per heavy atom. The molecule has 0 unspecified atom stereocenters. The molecule has 0 aliphatic heterocycles. The van der Waals surface area contributed by atoms with Crippen LogP contribution in [0.1, 0.15) is 25.3 Å². The van der Waals surface area contributed by atoms with Gasteiger partial charge in [0.1, 0.15) is 11.3 Å². The highest BCUT2D eigenvalue weighted by molar-refractivity contribution is 9.10. The molecule has 32 heavy (non-hydrogen) atoms. The van der Waals surface area contributed by atoms with Crippen molar-refractivity contribution in [1.29, 1.82) is 0 Å². The van der Waals surface area contributed by atoms with Gasteiger partial charge in [-0.2, -0.15) is 5.10 Å². The summed E-state index contributed by atoms with van der Waals surface area (Å²) < 4.78 is 9.29. The predicted molar refractivity (Wildman–Crippen MR) is 135 cm³/mol. The summed E-state index contributed by atoms with van der Waals surface area (Å²) in [6, 6.07) is 12.5. The van der Waals surface area contributed by atoms with Crippen LogP contribution in [0.4, 0.5) is 0 Å². The molecular formula is C23H19Br2N3O3S. The first-order valence-electron chi connectivity index (χ1n) is 9.94. The van der Waals surface area contributed by atoms with Gasteiger partial charge in [-0.15, -0.1) is 16.4 Å². The molecule has 6 nitrogen and oxygen atoms in total. The Labute approximate surface area is 204 Å². The topological polar surface area (TPSA) is 80.1 Å². The third kappa shape index (κ3) is 4.95. The first-order valence-corrected chi connectivity index (χ1v) is 12.4. The Kier molecular flexibility index (Phi) is 7.07. The van der Waals surface area contributed by atoms with Crippen molar-refractivity contribution in [2.45, 2.75) is 26.3 Å². The smallest absolute Gasteiger partial charge is 0.345 e. The second-order valence-electron chi connectivity index (χ2n) is 7.09. The zero-order chi connectivity index (χ0) is 22.7. The van der Waals surface area contributed by atoms with Gasteiger partial charge >= 0.3 is 5.63 Å². The highest BCUT2D eigenvalue weighted by atomic mass is 79.9. The lowest BCUT2D eigenvalue weighted by Gasteiger charge is -2.08. The van der Waals surface area contributed by atoms with Crippen LogP contribution in [-0.4, -0.2) is 15.9 Å². The van der Waals surface area contributed by atoms with Crippen LogP contribution in [0.3, 0.4) is 0 Å². The van der Waals surface area contributed by atoms with Crippen molar-refractivity contribution >= 4 is 60.4 Å². The molecule has 2 aromatic heterocycles. The number of aromatic nitrogens is 1. The van der Waals surface area contributed by atoms with E-state index in [1.165, 1.54) is 17.6 Å². The van der Waals surface area contributed by atoms with Gasteiger partial charge in [0.05, 0.1) is 17.5 Å². The fourth-order valence-electron chi connectivity index (χ4n) is 3.20. The Hall–Kier alpha value is -2.49. The standard InChI is InChI=1S/C23H19Br2N3O3S/c1-2-3-8-28-19(18-11-14-9-17(25)5-7-21(14)31-22(18)30)13-32-23(28)27-26-12-15-10-16(24)4-6-20(15)29/h4-7,9-13,29H,2-3,8H2,1H3/b26-12+,27-23+. The van der Waals surface area contributed by atoms with Gasteiger partial charge in [0.15, 0.2) is 0 Å². The normalized spacial score (nSPS) is 12.3. The van der Waals surface area contributed by atoms with Gasteiger partial charge < -0.3 is 14.1 Å². The molecule has 0 aliphatic carbocycles. The molecule has 0 bridgehead atoms. The Bertz CT molecular complexity index is 1440. The molecule has 0 fully saturated rings. The van der Waals surface area contributed by atoms with E-state index in [1.807, 2.05) is 28.1 Å². The predicted octanol–water partition coefficient (Wildman–Crippen LogP) is 6.29. The molecule has 1 N–H and O–H groups in total. The molecule has 0 radical (unpaired) electrons. The van der Waals surface area contributed by atoms with Crippen molar-refractivity contribution in [1.82, 2.24) is 4.57 Å². The monoisotopic (exact) mass is 575 g/mol. The fourth-order valence-corrected chi connectivity index (χ4v) is 4.84. The van der Waals surface area contributed by atoms with E-state index in [0.29, 0.717) is 28.1 Å². The van der Waals surface area contributed by atoms with Crippen LogP contribution in [0, 0.1) is 0 Å². The highest BCUT2D eigenvalue weighted by Crippen LogP contribution is 2.25. The Balaban J connectivity index is 1.79. The molecule has 2 heterocycles. The summed E-state index contributed by atoms with van der Waals surface area (Å²) in [7, 11) is 0. The van der Waals surface area contributed by atoms with E-state index < -0.39 is 5.63 Å². The number of nitrogens with zero attached hydrogens (tertiary/aromatic N) is 3. The molecule has 0 spiro atoms. The van der Waals surface area contributed by atoms with Gasteiger partial charge in [-0.05, 0) is 48.9 Å². The quantitative estimate of drug-likeness (QED) is 0.166. The number of hydrogen-bond donors (Lipinski definition) is 1. The van der Waals surface area contributed by atoms with Crippen molar-refractivity contribution in [3.63, 3.8) is 0 Å². The molecule has 4 aromatic rings. The summed E-state index contributed by atoms with van der Waals surface area (Å²) in [6.45, 7) is 2.81. The summed E-state index contributed by atoms with van der Waals surface area (Å²) in [5.74, 6) is 0.123. The fraction of sp³-hybridized carbons (Fsp3) is 0.174. The van der Waals surface area contributed by atoms with Crippen molar-refractivity contribution < 1.29 is 9.52 Å². The summed E-state index contributed by atoms with van der Waals surface area (Å²) in [4.78, 5) is 13.4. The number of thiazole rings is 1. The lowest BCUT2D eigenvalue weighted by Crippen LogP contribution is -2.17. The van der Waals surface area contributed by atoms with Crippen molar-refractivity contribution in [2.75, 3.05) is 0 Å². The lowest BCUT2D eigenvalue weighted by molar-refractivity contribution is 0.474. The maximum atomic E-state index is 12.7. The maximum absolute atomic E-state index is 12.7. The minimum atomic E-state index is -0.392. The number of benzene rings is 2. The molecule has 2 aromatic carbocycles. The van der Waals surface area contributed by atoms with Gasteiger partial charge in [-0.1, -0.05) is 45.2 Å². The number of hydrogen-bond acceptors (Lipinski definition) is 6. The summed E-state index contributed by atoms with van der Waals surface area (Å²) >= 11 is 8.25. The van der Waals surface area contributed by atoms with Crippen LogP contribution in [0.15, 0.2) is 76.2 Å². The van der Waals surface area contributed by atoms with Crippen LogP contribution >= 0.6 is 43.2 Å². The third-order valence-corrected chi connectivity index (χ3v) is 6.67. The van der Waals surface area contributed by atoms with Crippen molar-refractivity contribution in [3.05, 3.63) is 77.6 Å². The number of unbranched alkanes of at least 4 members (excludes halogenated alkanes) is 1. The van der Waals surface area contributed by atoms with Gasteiger partial charge in [0.2, 0.25) is 4.80 Å². The van der Waals surface area contributed by atoms with Crippen LogP contribution < -0.4 is 10.4 Å². The molecule has 0 amide bonds. The van der Waals surface area contributed by atoms with E-state index in [1.54, 1.807) is 24.3 Å². The average molecular weight is 577 g/mol. The second kappa shape index (κ2) is 9.97. The van der Waals surface area contributed by atoms with E-state index in [2.05, 4.69) is 49.0 Å². The SMILES string of the molecule is CCCCn1c(-c2cc3cc(Br)ccc3oc2=O)cs/c1=N/N=C/c1cc(Br)ccc1O. The van der Waals surface area contributed by atoms with Crippen LogP contribution in [0.25, 0.3) is 22.2 Å². The second-order valence-corrected chi connectivity index (χ2v) is 9.75. The molecule has 164 valence electrons. The summed E-state index contributed by atoms with van der Waals surface area (Å²) in [5.41, 5.74) is 1.94. The first-order chi connectivity index (χ1) is 15.5. The average Bonchev–Trinajstić information content (AvgIpc) is 3.16. The van der Waals surface area contributed by atoms with Crippen LogP contribution in [0.2, 0.25) is 0 Å². The van der Waals surface area contributed by atoms with Crippen LogP contribution in [-0.2, 0) is 6.54 Å². The Morgan fingerprint density at radius 3 is 2.75 bits per heavy atom. The van der Waals surface area contributed by atoms with E-state index in [4.69, 9.17) is 4.42 Å². The number of phenolic OH excluding ortho intramolecular Hbond substituents is 1. The van der Waals surface area contributed by atoms with Crippen molar-refractivity contribution in [3.8, 4) is 17.0 Å². The minimum absolute atomic E-state index is 0.123. The number of rotatable bonds is 6. The summed E-state index contributed by atoms with van der Waals surface area (Å²) in [6.07, 6.45) is 3.43. The highest BCUT2D eigenvalue weighted by Gasteiger charge is 2.14. The molecule has 0 saturated heterocycles. The minimum Gasteiger partial charge on any atom is -0.507 e. The molecule has 0 saturated carbocycles.